The summed E-state index contributed by atoms with van der Waals surface area (Å²) in [5.41, 5.74) is 1.23. The average molecular weight is 291 g/mol. The molecule has 7 nitrogen and oxygen atoms in total. The van der Waals surface area contributed by atoms with Crippen LogP contribution in [0.25, 0.3) is 0 Å². The Labute approximate surface area is 122 Å². The molecule has 112 valence electrons. The maximum absolute atomic E-state index is 11.8. The maximum atomic E-state index is 11.8. The van der Waals surface area contributed by atoms with Crippen LogP contribution in [0.4, 0.5) is 5.69 Å². The number of nitriles is 1. The highest BCUT2D eigenvalue weighted by Crippen LogP contribution is 2.28. The highest BCUT2D eigenvalue weighted by molar-refractivity contribution is 5.77. The second-order valence-corrected chi connectivity index (χ2v) is 4.67. The number of hydrogen-bond acceptors (Lipinski definition) is 5. The minimum atomic E-state index is -0.484. The molecule has 1 aromatic carbocycles. The lowest BCUT2D eigenvalue weighted by Gasteiger charge is -2.16. The highest BCUT2D eigenvalue weighted by atomic mass is 16.6. The van der Waals surface area contributed by atoms with E-state index in [-0.39, 0.29) is 24.6 Å². The van der Waals surface area contributed by atoms with Crippen molar-refractivity contribution in [3.63, 3.8) is 0 Å². The lowest BCUT2D eigenvalue weighted by Crippen LogP contribution is -2.32. The van der Waals surface area contributed by atoms with Crippen LogP contribution in [-0.2, 0) is 4.79 Å². The molecule has 0 bridgehead atoms. The number of nitro groups is 1. The second-order valence-electron chi connectivity index (χ2n) is 4.67. The van der Waals surface area contributed by atoms with Crippen LogP contribution in [0.15, 0.2) is 12.1 Å². The van der Waals surface area contributed by atoms with Gasteiger partial charge in [0, 0.05) is 19.2 Å². The first-order valence-electron chi connectivity index (χ1n) is 6.36. The lowest BCUT2D eigenvalue weighted by atomic mass is 10.1. The van der Waals surface area contributed by atoms with Crippen molar-refractivity contribution in [1.82, 2.24) is 4.90 Å². The van der Waals surface area contributed by atoms with Gasteiger partial charge < -0.3 is 9.64 Å². The zero-order valence-corrected chi connectivity index (χ0v) is 12.3. The van der Waals surface area contributed by atoms with Crippen LogP contribution < -0.4 is 4.74 Å². The Bertz CT molecular complexity index is 593. The molecule has 1 rings (SSSR count). The molecule has 0 heterocycles. The number of nitro benzene ring substituents is 1. The fraction of sp³-hybridized carbons (Fsp3) is 0.429. The van der Waals surface area contributed by atoms with Gasteiger partial charge in [-0.1, -0.05) is 0 Å². The number of likely N-dealkylation sites (N-methyl/N-ethyl adjacent to an activating group) is 1. The SMILES string of the molecule is Cc1cc(C)c([N+](=O)[O-])cc1OCC(=O)N(C)CCC#N. The largest absolute Gasteiger partial charge is 0.483 e. The topological polar surface area (TPSA) is 96.5 Å². The van der Waals surface area contributed by atoms with Gasteiger partial charge in [-0.15, -0.1) is 0 Å². The number of carbonyl (C=O) groups excluding carboxylic acids is 1. The van der Waals surface area contributed by atoms with Gasteiger partial charge in [0.1, 0.15) is 5.75 Å². The second kappa shape index (κ2) is 7.24. The standard InChI is InChI=1S/C14H17N3O4/c1-10-7-11(2)13(8-12(10)17(19)20)21-9-14(18)16(3)6-4-5-15/h7-8H,4,6,9H2,1-3H3. The Morgan fingerprint density at radius 3 is 2.67 bits per heavy atom. The van der Waals surface area contributed by atoms with E-state index >= 15 is 0 Å². The molecule has 0 aromatic heterocycles. The first-order valence-corrected chi connectivity index (χ1v) is 6.36. The highest BCUT2D eigenvalue weighted by Gasteiger charge is 2.16. The molecule has 0 aliphatic carbocycles. The fourth-order valence-corrected chi connectivity index (χ4v) is 1.77. The van der Waals surface area contributed by atoms with Gasteiger partial charge >= 0.3 is 0 Å². The first-order chi connectivity index (χ1) is 9.86. The quantitative estimate of drug-likeness (QED) is 0.589. The van der Waals surface area contributed by atoms with Gasteiger partial charge in [-0.2, -0.15) is 5.26 Å². The zero-order valence-electron chi connectivity index (χ0n) is 12.3. The van der Waals surface area contributed by atoms with E-state index in [1.807, 2.05) is 6.07 Å². The summed E-state index contributed by atoms with van der Waals surface area (Å²) in [6.07, 6.45) is 0.247. The molecule has 0 saturated heterocycles. The van der Waals surface area contributed by atoms with E-state index in [0.717, 1.165) is 5.56 Å². The number of amides is 1. The van der Waals surface area contributed by atoms with Crippen LogP contribution >= 0.6 is 0 Å². The number of aryl methyl sites for hydroxylation is 2. The van der Waals surface area contributed by atoms with Crippen molar-refractivity contribution in [2.24, 2.45) is 0 Å². The molecule has 1 aromatic rings. The summed E-state index contributed by atoms with van der Waals surface area (Å²) in [5, 5.41) is 19.4. The fourth-order valence-electron chi connectivity index (χ4n) is 1.77. The van der Waals surface area contributed by atoms with Gasteiger partial charge in [0.25, 0.3) is 11.6 Å². The molecule has 21 heavy (non-hydrogen) atoms. The number of nitrogens with zero attached hydrogens (tertiary/aromatic N) is 3. The summed E-state index contributed by atoms with van der Waals surface area (Å²) in [7, 11) is 1.58. The van der Waals surface area contributed by atoms with Gasteiger partial charge in [-0.25, -0.2) is 0 Å². The Kier molecular flexibility index (Phi) is 5.67. The molecular weight excluding hydrogens is 274 g/mol. The summed E-state index contributed by atoms with van der Waals surface area (Å²) < 4.78 is 5.37. The van der Waals surface area contributed by atoms with E-state index < -0.39 is 4.92 Å². The van der Waals surface area contributed by atoms with Gasteiger partial charge in [-0.05, 0) is 25.5 Å². The van der Waals surface area contributed by atoms with Crippen LogP contribution in [-0.4, -0.2) is 35.9 Å². The van der Waals surface area contributed by atoms with Crippen molar-refractivity contribution < 1.29 is 14.5 Å². The van der Waals surface area contributed by atoms with Crippen LogP contribution in [0.5, 0.6) is 5.75 Å². The van der Waals surface area contributed by atoms with E-state index in [9.17, 15) is 14.9 Å². The normalized spacial score (nSPS) is 9.81. The minimum absolute atomic E-state index is 0.0408. The zero-order chi connectivity index (χ0) is 16.0. The number of hydrogen-bond donors (Lipinski definition) is 0. The predicted octanol–water partition coefficient (Wildman–Crippen LogP) is 1.96. The van der Waals surface area contributed by atoms with E-state index in [0.29, 0.717) is 17.9 Å². The molecule has 0 saturated carbocycles. The summed E-state index contributed by atoms with van der Waals surface area (Å²) in [4.78, 5) is 23.6. The van der Waals surface area contributed by atoms with E-state index in [1.165, 1.54) is 11.0 Å². The monoisotopic (exact) mass is 291 g/mol. The average Bonchev–Trinajstić information content (AvgIpc) is 2.42. The molecule has 0 aliphatic rings. The molecule has 1 amide bonds. The van der Waals surface area contributed by atoms with Gasteiger partial charge in [0.15, 0.2) is 6.61 Å². The van der Waals surface area contributed by atoms with Crippen LogP contribution in [0.2, 0.25) is 0 Å². The van der Waals surface area contributed by atoms with Crippen LogP contribution in [0, 0.1) is 35.3 Å². The minimum Gasteiger partial charge on any atom is -0.483 e. The Hall–Kier alpha value is -2.62. The molecule has 7 heteroatoms. The maximum Gasteiger partial charge on any atom is 0.276 e. The molecular formula is C14H17N3O4. The van der Waals surface area contributed by atoms with Crippen molar-refractivity contribution in [3.8, 4) is 11.8 Å². The first kappa shape index (κ1) is 16.4. The smallest absolute Gasteiger partial charge is 0.276 e. The van der Waals surface area contributed by atoms with Gasteiger partial charge in [-0.3, -0.25) is 14.9 Å². The van der Waals surface area contributed by atoms with E-state index in [4.69, 9.17) is 10.00 Å². The van der Waals surface area contributed by atoms with Crippen molar-refractivity contribution in [3.05, 3.63) is 33.4 Å². The van der Waals surface area contributed by atoms with Gasteiger partial charge in [0.2, 0.25) is 0 Å². The third-order valence-electron chi connectivity index (χ3n) is 3.03. The van der Waals surface area contributed by atoms with Crippen LogP contribution in [0.1, 0.15) is 17.5 Å². The van der Waals surface area contributed by atoms with Crippen LogP contribution in [0.3, 0.4) is 0 Å². The molecule has 0 radical (unpaired) electrons. The van der Waals surface area contributed by atoms with Crippen molar-refractivity contribution >= 4 is 11.6 Å². The van der Waals surface area contributed by atoms with Crippen molar-refractivity contribution in [2.45, 2.75) is 20.3 Å². The summed E-state index contributed by atoms with van der Waals surface area (Å²) in [6.45, 7) is 3.51. The Morgan fingerprint density at radius 2 is 2.10 bits per heavy atom. The number of carbonyl (C=O) groups is 1. The van der Waals surface area contributed by atoms with Gasteiger partial charge in [0.05, 0.1) is 23.5 Å². The summed E-state index contributed by atoms with van der Waals surface area (Å²) >= 11 is 0. The summed E-state index contributed by atoms with van der Waals surface area (Å²) in [6, 6.07) is 4.93. The predicted molar refractivity (Wildman–Crippen MR) is 75.9 cm³/mol. The number of benzene rings is 1. The molecule has 0 atom stereocenters. The molecule has 0 N–H and O–H groups in total. The Morgan fingerprint density at radius 1 is 1.43 bits per heavy atom. The molecule has 0 unspecified atom stereocenters. The lowest BCUT2D eigenvalue weighted by molar-refractivity contribution is -0.385. The number of rotatable bonds is 6. The summed E-state index contributed by atoms with van der Waals surface area (Å²) in [5.74, 6) is 0.0298. The van der Waals surface area contributed by atoms with E-state index in [1.54, 1.807) is 27.0 Å². The third-order valence-corrected chi connectivity index (χ3v) is 3.03. The number of ether oxygens (including phenoxy) is 1. The molecule has 0 aliphatic heterocycles. The molecule has 0 fully saturated rings. The van der Waals surface area contributed by atoms with Crippen molar-refractivity contribution in [1.29, 1.82) is 5.26 Å². The third kappa shape index (κ3) is 4.45. The van der Waals surface area contributed by atoms with Crippen molar-refractivity contribution in [2.75, 3.05) is 20.2 Å². The Balaban J connectivity index is 2.76. The molecule has 0 spiro atoms. The van der Waals surface area contributed by atoms with E-state index in [2.05, 4.69) is 0 Å².